The molecule has 1 fully saturated rings. The zero-order chi connectivity index (χ0) is 16.6. The highest BCUT2D eigenvalue weighted by Gasteiger charge is 2.36. The summed E-state index contributed by atoms with van der Waals surface area (Å²) in [6, 6.07) is 0. The van der Waals surface area contributed by atoms with E-state index in [4.69, 9.17) is 23.8 Å². The number of ether oxygens (including phenoxy) is 1. The monoisotopic (exact) mass is 364 g/mol. The Morgan fingerprint density at radius 3 is 2.50 bits per heavy atom. The van der Waals surface area contributed by atoms with E-state index in [0.717, 1.165) is 7.11 Å². The van der Waals surface area contributed by atoms with Crippen molar-refractivity contribution in [1.29, 1.82) is 0 Å². The molecule has 0 aromatic rings. The van der Waals surface area contributed by atoms with E-state index in [1.54, 1.807) is 0 Å². The first kappa shape index (κ1) is 20.2. The van der Waals surface area contributed by atoms with Crippen LogP contribution < -0.4 is 0 Å². The number of hydrogen-bond acceptors (Lipinski definition) is 8. The molecule has 0 aromatic carbocycles. The van der Waals surface area contributed by atoms with Crippen LogP contribution in [0.1, 0.15) is 19.3 Å². The SMILES string of the molecule is COP(=O)(O)OCCC1OCCC1OP(=O)(O)OCCCO. The van der Waals surface area contributed by atoms with Crippen molar-refractivity contribution in [2.75, 3.05) is 33.5 Å². The second-order valence-electron chi connectivity index (χ2n) is 4.49. The average molecular weight is 364 g/mol. The number of rotatable bonds is 11. The summed E-state index contributed by atoms with van der Waals surface area (Å²) in [5.74, 6) is 0. The minimum absolute atomic E-state index is 0.104. The Morgan fingerprint density at radius 1 is 1.18 bits per heavy atom. The lowest BCUT2D eigenvalue weighted by molar-refractivity contribution is 0.0166. The Morgan fingerprint density at radius 2 is 1.86 bits per heavy atom. The molecule has 1 heterocycles. The van der Waals surface area contributed by atoms with Gasteiger partial charge in [-0.05, 0) is 6.42 Å². The Balaban J connectivity index is 2.39. The zero-order valence-electron chi connectivity index (χ0n) is 12.2. The van der Waals surface area contributed by atoms with E-state index in [9.17, 15) is 14.0 Å². The van der Waals surface area contributed by atoms with Crippen LogP contribution in [-0.2, 0) is 32.0 Å². The fourth-order valence-electron chi connectivity index (χ4n) is 1.80. The van der Waals surface area contributed by atoms with E-state index in [1.807, 2.05) is 0 Å². The first-order chi connectivity index (χ1) is 10.3. The summed E-state index contributed by atoms with van der Waals surface area (Å²) in [5.41, 5.74) is 0. The Hall–Kier alpha value is 0.140. The molecule has 0 saturated carbocycles. The van der Waals surface area contributed by atoms with Gasteiger partial charge in [-0.3, -0.25) is 18.1 Å². The highest BCUT2D eigenvalue weighted by atomic mass is 31.2. The van der Waals surface area contributed by atoms with E-state index in [0.29, 0.717) is 13.0 Å². The highest BCUT2D eigenvalue weighted by molar-refractivity contribution is 7.47. The van der Waals surface area contributed by atoms with Gasteiger partial charge in [0.15, 0.2) is 0 Å². The number of aliphatic hydroxyl groups is 1. The average Bonchev–Trinajstić information content (AvgIpc) is 2.85. The Labute approximate surface area is 128 Å². The summed E-state index contributed by atoms with van der Waals surface area (Å²) in [5, 5.41) is 8.59. The molecule has 22 heavy (non-hydrogen) atoms. The van der Waals surface area contributed by atoms with Crippen LogP contribution in [0.3, 0.4) is 0 Å². The summed E-state index contributed by atoms with van der Waals surface area (Å²) < 4.78 is 46.8. The van der Waals surface area contributed by atoms with E-state index in [1.165, 1.54) is 0 Å². The smallest absolute Gasteiger partial charge is 0.396 e. The van der Waals surface area contributed by atoms with Crippen LogP contribution in [0.15, 0.2) is 0 Å². The van der Waals surface area contributed by atoms with Gasteiger partial charge in [0.05, 0.1) is 25.4 Å². The molecular formula is C10H22O10P2. The minimum Gasteiger partial charge on any atom is -0.396 e. The number of phosphoric acid groups is 2. The van der Waals surface area contributed by atoms with Crippen LogP contribution in [0, 0.1) is 0 Å². The van der Waals surface area contributed by atoms with Crippen LogP contribution in [-0.4, -0.2) is 60.6 Å². The molecule has 0 bridgehead atoms. The first-order valence-corrected chi connectivity index (χ1v) is 9.70. The zero-order valence-corrected chi connectivity index (χ0v) is 14.0. The van der Waals surface area contributed by atoms with Gasteiger partial charge in [0, 0.05) is 33.2 Å². The fourth-order valence-corrected chi connectivity index (χ4v) is 3.25. The Kier molecular flexibility index (Phi) is 8.66. The molecule has 4 unspecified atom stereocenters. The molecule has 10 nitrogen and oxygen atoms in total. The lowest BCUT2D eigenvalue weighted by Gasteiger charge is -2.21. The van der Waals surface area contributed by atoms with E-state index < -0.39 is 27.9 Å². The van der Waals surface area contributed by atoms with Gasteiger partial charge >= 0.3 is 15.6 Å². The maximum atomic E-state index is 11.7. The molecule has 0 amide bonds. The molecule has 0 spiro atoms. The Bertz CT molecular complexity index is 417. The predicted octanol–water partition coefficient (Wildman–Crippen LogP) is 0.813. The normalized spacial score (nSPS) is 27.5. The lowest BCUT2D eigenvalue weighted by Crippen LogP contribution is -2.25. The maximum Gasteiger partial charge on any atom is 0.472 e. The van der Waals surface area contributed by atoms with Gasteiger partial charge in [0.25, 0.3) is 0 Å². The number of hydrogen-bond donors (Lipinski definition) is 3. The topological polar surface area (TPSA) is 141 Å². The summed E-state index contributed by atoms with van der Waals surface area (Å²) in [6.07, 6.45) is -0.447. The highest BCUT2D eigenvalue weighted by Crippen LogP contribution is 2.47. The predicted molar refractivity (Wildman–Crippen MR) is 74.1 cm³/mol. The van der Waals surface area contributed by atoms with E-state index >= 15 is 0 Å². The minimum atomic E-state index is -4.24. The molecular weight excluding hydrogens is 342 g/mol. The van der Waals surface area contributed by atoms with Crippen LogP contribution in [0.25, 0.3) is 0 Å². The largest absolute Gasteiger partial charge is 0.472 e. The van der Waals surface area contributed by atoms with Gasteiger partial charge in [0.2, 0.25) is 0 Å². The summed E-state index contributed by atoms with van der Waals surface area (Å²) in [4.78, 5) is 18.6. The number of aliphatic hydroxyl groups excluding tert-OH is 1. The van der Waals surface area contributed by atoms with Crippen LogP contribution in [0.5, 0.6) is 0 Å². The molecule has 0 radical (unpaired) electrons. The van der Waals surface area contributed by atoms with Crippen LogP contribution >= 0.6 is 15.6 Å². The summed E-state index contributed by atoms with van der Waals surface area (Å²) in [7, 11) is -7.25. The molecule has 1 aliphatic rings. The van der Waals surface area contributed by atoms with Crippen molar-refractivity contribution in [2.24, 2.45) is 0 Å². The van der Waals surface area contributed by atoms with Crippen molar-refractivity contribution < 1.29 is 46.9 Å². The third kappa shape index (κ3) is 7.61. The van der Waals surface area contributed by atoms with E-state index in [-0.39, 0.29) is 32.7 Å². The van der Waals surface area contributed by atoms with Crippen molar-refractivity contribution in [3.05, 3.63) is 0 Å². The van der Waals surface area contributed by atoms with Gasteiger partial charge in [-0.2, -0.15) is 0 Å². The standard InChI is InChI=1S/C10H22O10P2/c1-16-21(12,13)19-8-4-9-10(3-7-17-9)20-22(14,15)18-6-2-5-11/h9-11H,2-8H2,1H3,(H,12,13)(H,14,15). The second kappa shape index (κ2) is 9.44. The molecule has 1 rings (SSSR count). The quantitative estimate of drug-likeness (QED) is 0.356. The third-order valence-corrected chi connectivity index (χ3v) is 4.88. The summed E-state index contributed by atoms with van der Waals surface area (Å²) in [6.45, 7) is -0.0688. The maximum absolute atomic E-state index is 11.7. The summed E-state index contributed by atoms with van der Waals surface area (Å²) >= 11 is 0. The molecule has 4 atom stereocenters. The molecule has 12 heteroatoms. The van der Waals surface area contributed by atoms with E-state index in [2.05, 4.69) is 9.05 Å². The molecule has 132 valence electrons. The molecule has 3 N–H and O–H groups in total. The van der Waals surface area contributed by atoms with Crippen LogP contribution in [0.2, 0.25) is 0 Å². The third-order valence-electron chi connectivity index (χ3n) is 2.86. The van der Waals surface area contributed by atoms with Gasteiger partial charge in [-0.15, -0.1) is 0 Å². The molecule has 0 aliphatic carbocycles. The van der Waals surface area contributed by atoms with Gasteiger partial charge in [0.1, 0.15) is 0 Å². The van der Waals surface area contributed by atoms with Gasteiger partial charge < -0.3 is 19.6 Å². The molecule has 0 aromatic heterocycles. The molecule has 1 aliphatic heterocycles. The van der Waals surface area contributed by atoms with Crippen molar-refractivity contribution in [1.82, 2.24) is 0 Å². The van der Waals surface area contributed by atoms with Gasteiger partial charge in [-0.1, -0.05) is 0 Å². The second-order valence-corrected chi connectivity index (χ2v) is 7.46. The van der Waals surface area contributed by atoms with Crippen molar-refractivity contribution >= 4 is 15.6 Å². The lowest BCUT2D eigenvalue weighted by atomic mass is 10.1. The van der Waals surface area contributed by atoms with Gasteiger partial charge in [-0.25, -0.2) is 9.13 Å². The van der Waals surface area contributed by atoms with Crippen molar-refractivity contribution in [3.8, 4) is 0 Å². The molecule has 1 saturated heterocycles. The van der Waals surface area contributed by atoms with Crippen LogP contribution in [0.4, 0.5) is 0 Å². The number of phosphoric ester groups is 2. The first-order valence-electron chi connectivity index (χ1n) is 6.71. The fraction of sp³-hybridized carbons (Fsp3) is 1.00. The van der Waals surface area contributed by atoms with Crippen molar-refractivity contribution in [3.63, 3.8) is 0 Å². The van der Waals surface area contributed by atoms with Crippen molar-refractivity contribution in [2.45, 2.75) is 31.5 Å².